The Balaban J connectivity index is 1.70. The van der Waals surface area contributed by atoms with Crippen LogP contribution in [-0.4, -0.2) is 15.5 Å². The molecule has 2 aromatic heterocycles. The van der Waals surface area contributed by atoms with Gasteiger partial charge in [0.2, 0.25) is 0 Å². The first kappa shape index (κ1) is 18.4. The Bertz CT molecular complexity index is 1050. The van der Waals surface area contributed by atoms with Crippen molar-refractivity contribution in [1.82, 2.24) is 9.55 Å². The van der Waals surface area contributed by atoms with Gasteiger partial charge in [0.15, 0.2) is 0 Å². The Morgan fingerprint density at radius 1 is 1.22 bits per heavy atom. The molecule has 140 valence electrons. The topological polar surface area (TPSA) is 64.0 Å². The molecule has 2 heterocycles. The quantitative estimate of drug-likeness (QED) is 0.595. The molecule has 0 spiro atoms. The van der Waals surface area contributed by atoms with Crippen LogP contribution in [0, 0.1) is 6.92 Å². The number of amides is 1. The normalized spacial score (nSPS) is 15.2. The van der Waals surface area contributed by atoms with E-state index in [2.05, 4.69) is 26.2 Å². The van der Waals surface area contributed by atoms with Crippen molar-refractivity contribution in [2.24, 2.45) is 0 Å². The Hall–Kier alpha value is -1.99. The SMILES string of the molecule is Cc1sc2c(=O)n(C3CCCCC3)cnc2c1C(=O)Nc1ccc(Br)cc1. The summed E-state index contributed by atoms with van der Waals surface area (Å²) in [6, 6.07) is 7.63. The Labute approximate surface area is 169 Å². The Morgan fingerprint density at radius 2 is 1.93 bits per heavy atom. The summed E-state index contributed by atoms with van der Waals surface area (Å²) < 4.78 is 3.29. The molecule has 0 aliphatic heterocycles. The molecule has 1 aliphatic rings. The van der Waals surface area contributed by atoms with Crippen LogP contribution in [0.1, 0.15) is 53.4 Å². The molecule has 0 atom stereocenters. The molecule has 1 aromatic carbocycles. The van der Waals surface area contributed by atoms with Gasteiger partial charge in [-0.15, -0.1) is 11.3 Å². The second kappa shape index (κ2) is 7.56. The fourth-order valence-electron chi connectivity index (χ4n) is 3.70. The molecular formula is C20H20BrN3O2S. The number of benzene rings is 1. The lowest BCUT2D eigenvalue weighted by Gasteiger charge is -2.23. The van der Waals surface area contributed by atoms with Crippen molar-refractivity contribution in [3.8, 4) is 0 Å². The minimum absolute atomic E-state index is 0.0253. The smallest absolute Gasteiger partial charge is 0.271 e. The molecule has 0 bridgehead atoms. The van der Waals surface area contributed by atoms with E-state index in [1.807, 2.05) is 31.2 Å². The number of hydrogen-bond acceptors (Lipinski definition) is 4. The summed E-state index contributed by atoms with van der Waals surface area (Å²) in [4.78, 5) is 31.2. The van der Waals surface area contributed by atoms with Crippen molar-refractivity contribution >= 4 is 49.1 Å². The molecule has 7 heteroatoms. The summed E-state index contributed by atoms with van der Waals surface area (Å²) in [5.74, 6) is -0.233. The fraction of sp³-hybridized carbons (Fsp3) is 0.350. The van der Waals surface area contributed by atoms with Crippen LogP contribution in [-0.2, 0) is 0 Å². The molecule has 1 saturated carbocycles. The zero-order valence-electron chi connectivity index (χ0n) is 15.0. The maximum Gasteiger partial charge on any atom is 0.271 e. The number of anilines is 1. The number of nitrogens with zero attached hydrogens (tertiary/aromatic N) is 2. The first-order valence-corrected chi connectivity index (χ1v) is 10.7. The monoisotopic (exact) mass is 445 g/mol. The molecular weight excluding hydrogens is 426 g/mol. The molecule has 0 radical (unpaired) electrons. The summed E-state index contributed by atoms with van der Waals surface area (Å²) in [7, 11) is 0. The van der Waals surface area contributed by atoms with E-state index in [9.17, 15) is 9.59 Å². The number of hydrogen-bond donors (Lipinski definition) is 1. The molecule has 0 unspecified atom stereocenters. The molecule has 1 N–H and O–H groups in total. The van der Waals surface area contributed by atoms with Crippen LogP contribution in [0.5, 0.6) is 0 Å². The molecule has 4 rings (SSSR count). The number of halogens is 1. The summed E-state index contributed by atoms with van der Waals surface area (Å²) in [6.45, 7) is 1.87. The first-order chi connectivity index (χ1) is 13.0. The van der Waals surface area contributed by atoms with Gasteiger partial charge in [-0.05, 0) is 44.0 Å². The number of carbonyl (C=O) groups is 1. The highest BCUT2D eigenvalue weighted by Gasteiger charge is 2.23. The molecule has 27 heavy (non-hydrogen) atoms. The number of nitrogens with one attached hydrogen (secondary N) is 1. The van der Waals surface area contributed by atoms with Crippen LogP contribution in [0.2, 0.25) is 0 Å². The number of aryl methyl sites for hydroxylation is 1. The van der Waals surface area contributed by atoms with E-state index in [-0.39, 0.29) is 17.5 Å². The first-order valence-electron chi connectivity index (χ1n) is 9.12. The molecule has 0 saturated heterocycles. The zero-order chi connectivity index (χ0) is 19.0. The van der Waals surface area contributed by atoms with Gasteiger partial charge in [-0.2, -0.15) is 0 Å². The van der Waals surface area contributed by atoms with Gasteiger partial charge in [0.25, 0.3) is 11.5 Å². The van der Waals surface area contributed by atoms with Gasteiger partial charge >= 0.3 is 0 Å². The standard InChI is InChI=1S/C20H20BrN3O2S/c1-12-16(19(25)23-14-9-7-13(21)8-10-14)17-18(27-12)20(26)24(11-22-17)15-5-3-2-4-6-15/h7-11,15H,2-6H2,1H3,(H,23,25). The van der Waals surface area contributed by atoms with E-state index in [1.54, 1.807) is 10.9 Å². The second-order valence-corrected chi connectivity index (χ2v) is 9.06. The van der Waals surface area contributed by atoms with Gasteiger partial charge in [0.05, 0.1) is 11.9 Å². The third kappa shape index (κ3) is 3.58. The third-order valence-electron chi connectivity index (χ3n) is 5.10. The van der Waals surface area contributed by atoms with Gasteiger partial charge in [-0.25, -0.2) is 4.98 Å². The molecule has 3 aromatic rings. The number of thiophene rings is 1. The second-order valence-electron chi connectivity index (χ2n) is 6.92. The van der Waals surface area contributed by atoms with Gasteiger partial charge in [-0.1, -0.05) is 35.2 Å². The Kier molecular flexibility index (Phi) is 5.14. The maximum atomic E-state index is 13.0. The van der Waals surface area contributed by atoms with Crippen LogP contribution in [0.4, 0.5) is 5.69 Å². The third-order valence-corrected chi connectivity index (χ3v) is 6.71. The van der Waals surface area contributed by atoms with Crippen molar-refractivity contribution < 1.29 is 4.79 Å². The van der Waals surface area contributed by atoms with Crippen LogP contribution in [0.15, 0.2) is 39.9 Å². The minimum atomic E-state index is -0.233. The van der Waals surface area contributed by atoms with Gasteiger partial charge in [0.1, 0.15) is 10.2 Å². The average molecular weight is 446 g/mol. The lowest BCUT2D eigenvalue weighted by molar-refractivity contribution is 0.102. The van der Waals surface area contributed by atoms with Crippen LogP contribution in [0.25, 0.3) is 10.2 Å². The van der Waals surface area contributed by atoms with Crippen LogP contribution in [0.3, 0.4) is 0 Å². The van der Waals surface area contributed by atoms with E-state index in [0.717, 1.165) is 35.0 Å². The van der Waals surface area contributed by atoms with E-state index in [4.69, 9.17) is 0 Å². The summed E-state index contributed by atoms with van der Waals surface area (Å²) in [6.07, 6.45) is 7.21. The summed E-state index contributed by atoms with van der Waals surface area (Å²) >= 11 is 4.74. The fourth-order valence-corrected chi connectivity index (χ4v) is 5.01. The highest BCUT2D eigenvalue weighted by atomic mass is 79.9. The minimum Gasteiger partial charge on any atom is -0.322 e. The highest BCUT2D eigenvalue weighted by Crippen LogP contribution is 2.30. The van der Waals surface area contributed by atoms with E-state index in [0.29, 0.717) is 21.5 Å². The number of aromatic nitrogens is 2. The molecule has 1 fully saturated rings. The van der Waals surface area contributed by atoms with Crippen LogP contribution >= 0.6 is 27.3 Å². The van der Waals surface area contributed by atoms with Gasteiger partial charge in [-0.3, -0.25) is 14.2 Å². The van der Waals surface area contributed by atoms with Crippen molar-refractivity contribution in [1.29, 1.82) is 0 Å². The number of carbonyl (C=O) groups excluding carboxylic acids is 1. The van der Waals surface area contributed by atoms with E-state index < -0.39 is 0 Å². The molecule has 1 aliphatic carbocycles. The van der Waals surface area contributed by atoms with E-state index >= 15 is 0 Å². The van der Waals surface area contributed by atoms with Crippen molar-refractivity contribution in [3.63, 3.8) is 0 Å². The lowest BCUT2D eigenvalue weighted by atomic mass is 9.95. The van der Waals surface area contributed by atoms with Crippen LogP contribution < -0.4 is 10.9 Å². The van der Waals surface area contributed by atoms with Gasteiger partial charge < -0.3 is 5.32 Å². The van der Waals surface area contributed by atoms with Crippen molar-refractivity contribution in [2.45, 2.75) is 45.1 Å². The average Bonchev–Trinajstić information content (AvgIpc) is 3.02. The molecule has 1 amide bonds. The number of fused-ring (bicyclic) bond motifs is 1. The summed E-state index contributed by atoms with van der Waals surface area (Å²) in [5.41, 5.74) is 1.68. The van der Waals surface area contributed by atoms with E-state index in [1.165, 1.54) is 17.8 Å². The predicted octanol–water partition coefficient (Wildman–Crippen LogP) is 5.29. The Morgan fingerprint density at radius 3 is 2.63 bits per heavy atom. The summed E-state index contributed by atoms with van der Waals surface area (Å²) in [5, 5.41) is 2.90. The molecule has 5 nitrogen and oxygen atoms in total. The number of rotatable bonds is 3. The van der Waals surface area contributed by atoms with Gasteiger partial charge in [0, 0.05) is 21.1 Å². The highest BCUT2D eigenvalue weighted by molar-refractivity contribution is 9.10. The lowest BCUT2D eigenvalue weighted by Crippen LogP contribution is -2.26. The zero-order valence-corrected chi connectivity index (χ0v) is 17.4. The van der Waals surface area contributed by atoms with Crippen molar-refractivity contribution in [3.05, 3.63) is 55.9 Å². The largest absolute Gasteiger partial charge is 0.322 e. The predicted molar refractivity (Wildman–Crippen MR) is 113 cm³/mol. The van der Waals surface area contributed by atoms with Crippen molar-refractivity contribution in [2.75, 3.05) is 5.32 Å². The maximum absolute atomic E-state index is 13.0.